The van der Waals surface area contributed by atoms with Gasteiger partial charge in [0.1, 0.15) is 0 Å². The van der Waals surface area contributed by atoms with Crippen LogP contribution < -0.4 is 5.32 Å². The Kier molecular flexibility index (Phi) is 5.29. The summed E-state index contributed by atoms with van der Waals surface area (Å²) in [5.41, 5.74) is 2.12. The van der Waals surface area contributed by atoms with E-state index in [0.717, 1.165) is 17.7 Å². The first-order chi connectivity index (χ1) is 9.58. The summed E-state index contributed by atoms with van der Waals surface area (Å²) >= 11 is 1.74. The van der Waals surface area contributed by atoms with Crippen LogP contribution in [0.4, 0.5) is 0 Å². The van der Waals surface area contributed by atoms with Crippen LogP contribution in [-0.4, -0.2) is 16.6 Å². The number of thiazole rings is 1. The number of nitrogens with one attached hydrogen (secondary N) is 1. The number of aliphatic hydroxyl groups is 1. The van der Waals surface area contributed by atoms with Gasteiger partial charge < -0.3 is 10.4 Å². The Morgan fingerprint density at radius 1 is 1.30 bits per heavy atom. The number of aromatic nitrogens is 1. The highest BCUT2D eigenvalue weighted by molar-refractivity contribution is 7.11. The molecule has 0 aliphatic carbocycles. The summed E-state index contributed by atoms with van der Waals surface area (Å²) in [4.78, 5) is 5.62. The van der Waals surface area contributed by atoms with Crippen LogP contribution >= 0.6 is 11.3 Å². The number of nitrogens with zero attached hydrogens (tertiary/aromatic N) is 1. The van der Waals surface area contributed by atoms with Crippen molar-refractivity contribution in [3.63, 3.8) is 0 Å². The van der Waals surface area contributed by atoms with Crippen molar-refractivity contribution in [3.05, 3.63) is 51.5 Å². The molecule has 0 fully saturated rings. The van der Waals surface area contributed by atoms with Crippen LogP contribution in [0.25, 0.3) is 0 Å². The number of hydrogen-bond donors (Lipinski definition) is 2. The van der Waals surface area contributed by atoms with Crippen LogP contribution in [0.5, 0.6) is 0 Å². The van der Waals surface area contributed by atoms with Gasteiger partial charge in [0.15, 0.2) is 0 Å². The summed E-state index contributed by atoms with van der Waals surface area (Å²) in [6.45, 7) is 7.64. The van der Waals surface area contributed by atoms with Crippen molar-refractivity contribution in [3.8, 4) is 0 Å². The van der Waals surface area contributed by atoms with Gasteiger partial charge in [0.2, 0.25) is 0 Å². The van der Waals surface area contributed by atoms with Crippen LogP contribution in [0.3, 0.4) is 0 Å². The van der Waals surface area contributed by atoms with E-state index in [4.69, 9.17) is 0 Å². The van der Waals surface area contributed by atoms with E-state index in [-0.39, 0.29) is 0 Å². The second kappa shape index (κ2) is 6.97. The monoisotopic (exact) mass is 290 g/mol. The van der Waals surface area contributed by atoms with E-state index in [1.165, 1.54) is 9.88 Å². The number of aryl methyl sites for hydroxylation is 1. The number of rotatable bonds is 6. The highest BCUT2D eigenvalue weighted by Crippen LogP contribution is 2.21. The molecule has 0 spiro atoms. The molecule has 20 heavy (non-hydrogen) atoms. The Labute approximate surface area is 124 Å². The van der Waals surface area contributed by atoms with Crippen LogP contribution in [0.15, 0.2) is 30.5 Å². The van der Waals surface area contributed by atoms with E-state index < -0.39 is 6.10 Å². The van der Waals surface area contributed by atoms with Gasteiger partial charge in [-0.15, -0.1) is 11.3 Å². The summed E-state index contributed by atoms with van der Waals surface area (Å²) < 4.78 is 0. The van der Waals surface area contributed by atoms with Crippen molar-refractivity contribution in [1.82, 2.24) is 10.3 Å². The van der Waals surface area contributed by atoms with Crippen LogP contribution in [-0.2, 0) is 6.54 Å². The predicted octanol–water partition coefficient (Wildman–Crippen LogP) is 3.40. The standard InChI is InChI=1S/C16H22N2OS/c1-11(2)16-18-9-13(20-16)8-17-10-15(19)14-7-5-4-6-12(14)3/h4-7,9,11,15,17,19H,8,10H2,1-3H3. The first kappa shape index (κ1) is 15.2. The molecule has 0 saturated carbocycles. The van der Waals surface area contributed by atoms with Gasteiger partial charge in [-0.25, -0.2) is 4.98 Å². The van der Waals surface area contributed by atoms with Gasteiger partial charge in [0.25, 0.3) is 0 Å². The maximum absolute atomic E-state index is 10.2. The van der Waals surface area contributed by atoms with E-state index in [1.54, 1.807) is 11.3 Å². The summed E-state index contributed by atoms with van der Waals surface area (Å²) in [5.74, 6) is 0.478. The molecule has 2 N–H and O–H groups in total. The van der Waals surface area contributed by atoms with Crippen molar-refractivity contribution >= 4 is 11.3 Å². The predicted molar refractivity (Wildman–Crippen MR) is 84.0 cm³/mol. The number of aliphatic hydroxyl groups excluding tert-OH is 1. The lowest BCUT2D eigenvalue weighted by molar-refractivity contribution is 0.174. The SMILES string of the molecule is Cc1ccccc1C(O)CNCc1cnc(C(C)C)s1. The molecule has 1 unspecified atom stereocenters. The lowest BCUT2D eigenvalue weighted by Crippen LogP contribution is -2.21. The van der Waals surface area contributed by atoms with Crippen molar-refractivity contribution in [2.75, 3.05) is 6.54 Å². The Bertz CT molecular complexity index is 551. The Balaban J connectivity index is 1.85. The Morgan fingerprint density at radius 3 is 2.70 bits per heavy atom. The molecule has 1 aromatic heterocycles. The van der Waals surface area contributed by atoms with Gasteiger partial charge in [0.05, 0.1) is 11.1 Å². The molecule has 1 heterocycles. The minimum absolute atomic E-state index is 0.464. The number of benzene rings is 1. The summed E-state index contributed by atoms with van der Waals surface area (Å²) in [7, 11) is 0. The zero-order valence-electron chi connectivity index (χ0n) is 12.3. The van der Waals surface area contributed by atoms with E-state index >= 15 is 0 Å². The average molecular weight is 290 g/mol. The Morgan fingerprint density at radius 2 is 2.05 bits per heavy atom. The normalized spacial score (nSPS) is 12.8. The molecular weight excluding hydrogens is 268 g/mol. The minimum Gasteiger partial charge on any atom is -0.387 e. The summed E-state index contributed by atoms with van der Waals surface area (Å²) in [6, 6.07) is 7.95. The van der Waals surface area contributed by atoms with Gasteiger partial charge in [-0.1, -0.05) is 38.1 Å². The molecular formula is C16H22N2OS. The Hall–Kier alpha value is -1.23. The van der Waals surface area contributed by atoms with Crippen LogP contribution in [0.1, 0.15) is 46.9 Å². The molecule has 0 amide bonds. The topological polar surface area (TPSA) is 45.1 Å². The first-order valence-electron chi connectivity index (χ1n) is 6.97. The zero-order valence-corrected chi connectivity index (χ0v) is 13.1. The van der Waals surface area contributed by atoms with Gasteiger partial charge >= 0.3 is 0 Å². The second-order valence-electron chi connectivity index (χ2n) is 5.32. The van der Waals surface area contributed by atoms with Gasteiger partial charge in [-0.05, 0) is 18.1 Å². The van der Waals surface area contributed by atoms with Crippen molar-refractivity contribution in [2.24, 2.45) is 0 Å². The molecule has 0 saturated heterocycles. The highest BCUT2D eigenvalue weighted by Gasteiger charge is 2.10. The van der Waals surface area contributed by atoms with Gasteiger partial charge in [-0.2, -0.15) is 0 Å². The molecule has 1 atom stereocenters. The van der Waals surface area contributed by atoms with E-state index in [2.05, 4.69) is 24.1 Å². The fourth-order valence-electron chi connectivity index (χ4n) is 2.07. The molecule has 0 bridgehead atoms. The molecule has 2 aromatic rings. The average Bonchev–Trinajstić information content (AvgIpc) is 2.88. The molecule has 0 radical (unpaired) electrons. The molecule has 108 valence electrons. The smallest absolute Gasteiger partial charge is 0.0953 e. The van der Waals surface area contributed by atoms with Gasteiger partial charge in [-0.3, -0.25) is 0 Å². The maximum atomic E-state index is 10.2. The maximum Gasteiger partial charge on any atom is 0.0953 e. The molecule has 3 nitrogen and oxygen atoms in total. The minimum atomic E-state index is -0.464. The first-order valence-corrected chi connectivity index (χ1v) is 7.78. The van der Waals surface area contributed by atoms with E-state index in [0.29, 0.717) is 12.5 Å². The van der Waals surface area contributed by atoms with Crippen LogP contribution in [0.2, 0.25) is 0 Å². The summed E-state index contributed by atoms with van der Waals surface area (Å²) in [5, 5.41) is 14.7. The van der Waals surface area contributed by atoms with E-state index in [1.807, 2.05) is 37.4 Å². The number of hydrogen-bond acceptors (Lipinski definition) is 4. The molecule has 2 rings (SSSR count). The quantitative estimate of drug-likeness (QED) is 0.857. The van der Waals surface area contributed by atoms with Crippen LogP contribution in [0, 0.1) is 6.92 Å². The largest absolute Gasteiger partial charge is 0.387 e. The van der Waals surface area contributed by atoms with Crippen molar-refractivity contribution < 1.29 is 5.11 Å². The lowest BCUT2D eigenvalue weighted by Gasteiger charge is -2.14. The fourth-order valence-corrected chi connectivity index (χ4v) is 2.96. The molecule has 0 aliphatic heterocycles. The second-order valence-corrected chi connectivity index (χ2v) is 6.47. The summed E-state index contributed by atoms with van der Waals surface area (Å²) in [6.07, 6.45) is 1.46. The van der Waals surface area contributed by atoms with E-state index in [9.17, 15) is 5.11 Å². The lowest BCUT2D eigenvalue weighted by atomic mass is 10.0. The highest BCUT2D eigenvalue weighted by atomic mass is 32.1. The van der Waals surface area contributed by atoms with Gasteiger partial charge in [0, 0.05) is 30.1 Å². The molecule has 0 aliphatic rings. The molecule has 4 heteroatoms. The third-order valence-electron chi connectivity index (χ3n) is 3.25. The molecule has 1 aromatic carbocycles. The zero-order chi connectivity index (χ0) is 14.5. The van der Waals surface area contributed by atoms with Crippen molar-refractivity contribution in [1.29, 1.82) is 0 Å². The fraction of sp³-hybridized carbons (Fsp3) is 0.438. The third kappa shape index (κ3) is 3.88. The van der Waals surface area contributed by atoms with Crippen molar-refractivity contribution in [2.45, 2.75) is 39.3 Å². The third-order valence-corrected chi connectivity index (χ3v) is 4.55.